The van der Waals surface area contributed by atoms with Crippen molar-refractivity contribution >= 4 is 33.2 Å². The molecule has 0 unspecified atom stereocenters. The largest absolute Gasteiger partial charge is 0.397 e. The van der Waals surface area contributed by atoms with Crippen LogP contribution < -0.4 is 15.2 Å². The van der Waals surface area contributed by atoms with Crippen molar-refractivity contribution in [3.63, 3.8) is 0 Å². The summed E-state index contributed by atoms with van der Waals surface area (Å²) in [5, 5.41) is 0.258. The Labute approximate surface area is 100 Å². The second kappa shape index (κ2) is 4.90. The zero-order chi connectivity index (χ0) is 12.3. The predicted octanol–water partition coefficient (Wildman–Crippen LogP) is 1.58. The third-order valence-electron chi connectivity index (χ3n) is 1.67. The Morgan fingerprint density at radius 2 is 2.00 bits per heavy atom. The van der Waals surface area contributed by atoms with Crippen molar-refractivity contribution in [3.8, 4) is 0 Å². The van der Waals surface area contributed by atoms with Crippen molar-refractivity contribution in [3.05, 3.63) is 23.2 Å². The molecular formula is C9H14ClN3O2S. The normalized spacial score (nSPS) is 11.8. The molecule has 0 aliphatic rings. The van der Waals surface area contributed by atoms with Crippen LogP contribution in [0.25, 0.3) is 0 Å². The minimum absolute atomic E-state index is 0.192. The number of anilines is 2. The van der Waals surface area contributed by atoms with Crippen LogP contribution in [0.3, 0.4) is 0 Å². The van der Waals surface area contributed by atoms with E-state index in [0.29, 0.717) is 0 Å². The van der Waals surface area contributed by atoms with E-state index in [9.17, 15) is 8.42 Å². The third-order valence-corrected chi connectivity index (χ3v) is 3.24. The summed E-state index contributed by atoms with van der Waals surface area (Å²) in [5.74, 6) is 0. The summed E-state index contributed by atoms with van der Waals surface area (Å²) in [4.78, 5) is 0. The van der Waals surface area contributed by atoms with Crippen LogP contribution in [-0.2, 0) is 10.2 Å². The zero-order valence-electron chi connectivity index (χ0n) is 8.99. The van der Waals surface area contributed by atoms with Gasteiger partial charge in [0, 0.05) is 6.04 Å². The molecule has 0 radical (unpaired) electrons. The monoisotopic (exact) mass is 263 g/mol. The molecule has 0 atom stereocenters. The number of hydrogen-bond acceptors (Lipinski definition) is 3. The summed E-state index contributed by atoms with van der Waals surface area (Å²) in [6.45, 7) is 3.43. The summed E-state index contributed by atoms with van der Waals surface area (Å²) < 4.78 is 27.8. The second-order valence-corrected chi connectivity index (χ2v) is 5.44. The van der Waals surface area contributed by atoms with Crippen molar-refractivity contribution in [2.24, 2.45) is 0 Å². The van der Waals surface area contributed by atoms with Gasteiger partial charge in [0.2, 0.25) is 0 Å². The summed E-state index contributed by atoms with van der Waals surface area (Å²) >= 11 is 5.84. The van der Waals surface area contributed by atoms with Crippen molar-refractivity contribution in [1.82, 2.24) is 4.72 Å². The smallest absolute Gasteiger partial charge is 0.299 e. The fourth-order valence-electron chi connectivity index (χ4n) is 1.12. The molecule has 0 saturated carbocycles. The van der Waals surface area contributed by atoms with E-state index in [-0.39, 0.29) is 22.4 Å². The highest BCUT2D eigenvalue weighted by molar-refractivity contribution is 7.90. The van der Waals surface area contributed by atoms with Gasteiger partial charge >= 0.3 is 0 Å². The van der Waals surface area contributed by atoms with E-state index >= 15 is 0 Å². The Bertz CT molecular complexity index is 453. The van der Waals surface area contributed by atoms with Crippen LogP contribution in [0.4, 0.5) is 11.4 Å². The van der Waals surface area contributed by atoms with Gasteiger partial charge in [0.25, 0.3) is 10.2 Å². The molecule has 0 amide bonds. The molecule has 0 saturated heterocycles. The van der Waals surface area contributed by atoms with Gasteiger partial charge in [0.1, 0.15) is 0 Å². The molecule has 0 aliphatic carbocycles. The molecule has 4 N–H and O–H groups in total. The quantitative estimate of drug-likeness (QED) is 0.721. The average Bonchev–Trinajstić information content (AvgIpc) is 2.09. The second-order valence-electron chi connectivity index (χ2n) is 3.58. The summed E-state index contributed by atoms with van der Waals surface area (Å²) in [5.41, 5.74) is 6.09. The van der Waals surface area contributed by atoms with Crippen molar-refractivity contribution in [2.75, 3.05) is 10.5 Å². The molecule has 0 spiro atoms. The van der Waals surface area contributed by atoms with E-state index < -0.39 is 10.2 Å². The highest BCUT2D eigenvalue weighted by Crippen LogP contribution is 2.28. The van der Waals surface area contributed by atoms with Crippen LogP contribution in [0.2, 0.25) is 5.02 Å². The highest BCUT2D eigenvalue weighted by atomic mass is 35.5. The van der Waals surface area contributed by atoms with Crippen LogP contribution in [0, 0.1) is 0 Å². The Balaban J connectivity index is 2.97. The van der Waals surface area contributed by atoms with Gasteiger partial charge in [0.05, 0.1) is 16.4 Å². The van der Waals surface area contributed by atoms with Gasteiger partial charge in [-0.1, -0.05) is 17.7 Å². The van der Waals surface area contributed by atoms with Gasteiger partial charge in [-0.15, -0.1) is 0 Å². The minimum Gasteiger partial charge on any atom is -0.397 e. The van der Waals surface area contributed by atoms with Gasteiger partial charge < -0.3 is 5.73 Å². The lowest BCUT2D eigenvalue weighted by atomic mass is 10.3. The number of para-hydroxylation sites is 1. The fourth-order valence-corrected chi connectivity index (χ4v) is 2.58. The van der Waals surface area contributed by atoms with Gasteiger partial charge in [-0.3, -0.25) is 4.72 Å². The lowest BCUT2D eigenvalue weighted by Crippen LogP contribution is -2.35. The topological polar surface area (TPSA) is 84.2 Å². The number of nitrogens with one attached hydrogen (secondary N) is 2. The standard InChI is InChI=1S/C9H14ClN3O2S/c1-6(2)12-16(14,15)13-9-7(10)4-3-5-8(9)11/h3-6,12-13H,11H2,1-2H3. The molecule has 90 valence electrons. The molecule has 1 rings (SSSR count). The zero-order valence-corrected chi connectivity index (χ0v) is 10.6. The number of rotatable bonds is 4. The molecular weight excluding hydrogens is 250 g/mol. The summed E-state index contributed by atoms with van der Waals surface area (Å²) in [6, 6.07) is 4.57. The minimum atomic E-state index is -3.64. The highest BCUT2D eigenvalue weighted by Gasteiger charge is 2.14. The molecule has 16 heavy (non-hydrogen) atoms. The molecule has 0 aliphatic heterocycles. The molecule has 7 heteroatoms. The molecule has 1 aromatic rings. The fraction of sp³-hybridized carbons (Fsp3) is 0.333. The molecule has 0 bridgehead atoms. The average molecular weight is 264 g/mol. The Hall–Kier alpha value is -0.980. The summed E-state index contributed by atoms with van der Waals surface area (Å²) in [7, 11) is -3.64. The van der Waals surface area contributed by atoms with Gasteiger partial charge in [-0.2, -0.15) is 13.1 Å². The maximum Gasteiger partial charge on any atom is 0.299 e. The van der Waals surface area contributed by atoms with Crippen LogP contribution in [-0.4, -0.2) is 14.5 Å². The number of halogens is 1. The molecule has 0 heterocycles. The lowest BCUT2D eigenvalue weighted by Gasteiger charge is -2.14. The molecule has 0 fully saturated rings. The van der Waals surface area contributed by atoms with E-state index in [4.69, 9.17) is 17.3 Å². The Morgan fingerprint density at radius 1 is 1.38 bits per heavy atom. The van der Waals surface area contributed by atoms with Crippen molar-refractivity contribution < 1.29 is 8.42 Å². The van der Waals surface area contributed by atoms with Crippen LogP contribution in [0.15, 0.2) is 18.2 Å². The molecule has 0 aromatic heterocycles. The van der Waals surface area contributed by atoms with E-state index in [2.05, 4.69) is 9.44 Å². The maximum atomic E-state index is 11.6. The first kappa shape index (κ1) is 13.1. The number of nitrogens with two attached hydrogens (primary N) is 1. The molecule has 5 nitrogen and oxygen atoms in total. The van der Waals surface area contributed by atoms with E-state index in [1.807, 2.05) is 0 Å². The van der Waals surface area contributed by atoms with Crippen LogP contribution in [0.5, 0.6) is 0 Å². The first-order chi connectivity index (χ1) is 7.32. The number of benzene rings is 1. The third kappa shape index (κ3) is 3.55. The Kier molecular flexibility index (Phi) is 4.01. The predicted molar refractivity (Wildman–Crippen MR) is 66.7 cm³/mol. The van der Waals surface area contributed by atoms with Gasteiger partial charge in [-0.05, 0) is 26.0 Å². The van der Waals surface area contributed by atoms with Crippen LogP contribution in [0.1, 0.15) is 13.8 Å². The Morgan fingerprint density at radius 3 is 2.50 bits per heavy atom. The first-order valence-corrected chi connectivity index (χ1v) is 6.52. The van der Waals surface area contributed by atoms with Gasteiger partial charge in [-0.25, -0.2) is 0 Å². The SMILES string of the molecule is CC(C)NS(=O)(=O)Nc1c(N)cccc1Cl. The number of nitrogen functional groups attached to an aromatic ring is 1. The maximum absolute atomic E-state index is 11.6. The van der Waals surface area contributed by atoms with E-state index in [0.717, 1.165) is 0 Å². The first-order valence-electron chi connectivity index (χ1n) is 4.66. The van der Waals surface area contributed by atoms with Crippen molar-refractivity contribution in [1.29, 1.82) is 0 Å². The van der Waals surface area contributed by atoms with E-state index in [1.165, 1.54) is 0 Å². The van der Waals surface area contributed by atoms with Gasteiger partial charge in [0.15, 0.2) is 0 Å². The van der Waals surface area contributed by atoms with E-state index in [1.54, 1.807) is 32.0 Å². The number of hydrogen-bond donors (Lipinski definition) is 3. The van der Waals surface area contributed by atoms with Crippen LogP contribution >= 0.6 is 11.6 Å². The molecule has 1 aromatic carbocycles. The van der Waals surface area contributed by atoms with Crippen molar-refractivity contribution in [2.45, 2.75) is 19.9 Å². The summed E-state index contributed by atoms with van der Waals surface area (Å²) in [6.07, 6.45) is 0. The lowest BCUT2D eigenvalue weighted by molar-refractivity contribution is 0.575.